The summed E-state index contributed by atoms with van der Waals surface area (Å²) in [4.78, 5) is 0. The summed E-state index contributed by atoms with van der Waals surface area (Å²) >= 11 is 6.08. The van der Waals surface area contributed by atoms with Crippen molar-refractivity contribution in [3.8, 4) is 0 Å². The standard InChI is InChI=1S/C12H23ClN2/c1-2-6-11(13)8-9-12(15)7-4-3-5-10-14/h10-11,14-15H,2-9H2,1H3. The van der Waals surface area contributed by atoms with E-state index in [0.717, 1.165) is 57.1 Å². The highest BCUT2D eigenvalue weighted by atomic mass is 35.5. The number of hydrogen-bond donors (Lipinski definition) is 2. The van der Waals surface area contributed by atoms with E-state index in [1.807, 2.05) is 0 Å². The molecule has 0 fully saturated rings. The topological polar surface area (TPSA) is 47.7 Å². The maximum Gasteiger partial charge on any atom is 0.0339 e. The van der Waals surface area contributed by atoms with E-state index in [1.165, 1.54) is 6.21 Å². The normalized spacial score (nSPS) is 12.4. The van der Waals surface area contributed by atoms with Crippen molar-refractivity contribution in [2.24, 2.45) is 0 Å². The predicted molar refractivity (Wildman–Crippen MR) is 68.8 cm³/mol. The van der Waals surface area contributed by atoms with Crippen LogP contribution in [-0.2, 0) is 0 Å². The molecule has 0 saturated carbocycles. The summed E-state index contributed by atoms with van der Waals surface area (Å²) in [5, 5.41) is 14.9. The largest absolute Gasteiger partial charge is 0.313 e. The van der Waals surface area contributed by atoms with Crippen molar-refractivity contribution < 1.29 is 0 Å². The molecular weight excluding hydrogens is 208 g/mol. The van der Waals surface area contributed by atoms with Gasteiger partial charge < -0.3 is 10.8 Å². The lowest BCUT2D eigenvalue weighted by Gasteiger charge is -2.08. The Balaban J connectivity index is 3.36. The quantitative estimate of drug-likeness (QED) is 0.318. The molecule has 0 aromatic rings. The molecule has 0 radical (unpaired) electrons. The van der Waals surface area contributed by atoms with Crippen molar-refractivity contribution in [3.05, 3.63) is 0 Å². The molecule has 0 heterocycles. The summed E-state index contributed by atoms with van der Waals surface area (Å²) in [5.41, 5.74) is 0.821. The maximum absolute atomic E-state index is 7.73. The molecule has 0 spiro atoms. The van der Waals surface area contributed by atoms with E-state index in [2.05, 4.69) is 6.92 Å². The number of nitrogens with one attached hydrogen (secondary N) is 2. The zero-order valence-electron chi connectivity index (χ0n) is 9.69. The first-order valence-corrected chi connectivity index (χ1v) is 6.33. The molecule has 3 heteroatoms. The van der Waals surface area contributed by atoms with Crippen molar-refractivity contribution in [2.45, 2.75) is 63.7 Å². The average molecular weight is 231 g/mol. The van der Waals surface area contributed by atoms with Gasteiger partial charge in [-0.1, -0.05) is 13.3 Å². The monoisotopic (exact) mass is 230 g/mol. The van der Waals surface area contributed by atoms with E-state index in [-0.39, 0.29) is 5.38 Å². The fourth-order valence-electron chi connectivity index (χ4n) is 1.50. The molecule has 0 aliphatic heterocycles. The third kappa shape index (κ3) is 9.92. The Hall–Kier alpha value is -0.370. The maximum atomic E-state index is 7.73. The molecule has 0 saturated heterocycles. The molecule has 2 nitrogen and oxygen atoms in total. The third-order valence-electron chi connectivity index (χ3n) is 2.44. The van der Waals surface area contributed by atoms with E-state index in [9.17, 15) is 0 Å². The van der Waals surface area contributed by atoms with Gasteiger partial charge in [-0.25, -0.2) is 0 Å². The molecule has 0 aliphatic rings. The smallest absolute Gasteiger partial charge is 0.0339 e. The summed E-state index contributed by atoms with van der Waals surface area (Å²) in [6, 6.07) is 0. The van der Waals surface area contributed by atoms with Crippen LogP contribution in [0.3, 0.4) is 0 Å². The van der Waals surface area contributed by atoms with Gasteiger partial charge in [0.2, 0.25) is 0 Å². The Labute approximate surface area is 98.4 Å². The van der Waals surface area contributed by atoms with Crippen LogP contribution in [0.15, 0.2) is 0 Å². The lowest BCUT2D eigenvalue weighted by molar-refractivity contribution is 0.683. The van der Waals surface area contributed by atoms with Crippen molar-refractivity contribution in [1.82, 2.24) is 0 Å². The Bertz CT molecular complexity index is 180. The van der Waals surface area contributed by atoms with Crippen LogP contribution in [0.4, 0.5) is 0 Å². The van der Waals surface area contributed by atoms with E-state index < -0.39 is 0 Å². The van der Waals surface area contributed by atoms with Crippen molar-refractivity contribution in [1.29, 1.82) is 10.8 Å². The summed E-state index contributed by atoms with van der Waals surface area (Å²) in [6.07, 6.45) is 9.21. The average Bonchev–Trinajstić information content (AvgIpc) is 2.22. The van der Waals surface area contributed by atoms with E-state index in [0.29, 0.717) is 0 Å². The van der Waals surface area contributed by atoms with Gasteiger partial charge in [0.05, 0.1) is 0 Å². The molecule has 0 rings (SSSR count). The summed E-state index contributed by atoms with van der Waals surface area (Å²) < 4.78 is 0. The molecule has 0 amide bonds. The molecule has 0 aromatic heterocycles. The zero-order valence-corrected chi connectivity index (χ0v) is 10.4. The number of halogens is 1. The van der Waals surface area contributed by atoms with Gasteiger partial charge in [-0.3, -0.25) is 0 Å². The van der Waals surface area contributed by atoms with Crippen LogP contribution in [0.1, 0.15) is 58.3 Å². The zero-order chi connectivity index (χ0) is 11.5. The molecule has 1 atom stereocenters. The van der Waals surface area contributed by atoms with Gasteiger partial charge in [0, 0.05) is 11.1 Å². The first-order valence-electron chi connectivity index (χ1n) is 5.90. The number of alkyl halides is 1. The molecule has 0 bridgehead atoms. The Morgan fingerprint density at radius 1 is 1.27 bits per heavy atom. The number of rotatable bonds is 10. The minimum atomic E-state index is 0.247. The lowest BCUT2D eigenvalue weighted by Crippen LogP contribution is -2.03. The molecule has 15 heavy (non-hydrogen) atoms. The second kappa shape index (κ2) is 10.2. The van der Waals surface area contributed by atoms with Crippen molar-refractivity contribution in [3.63, 3.8) is 0 Å². The van der Waals surface area contributed by atoms with E-state index >= 15 is 0 Å². The van der Waals surface area contributed by atoms with Crippen molar-refractivity contribution in [2.75, 3.05) is 0 Å². The van der Waals surface area contributed by atoms with E-state index in [1.54, 1.807) is 0 Å². The van der Waals surface area contributed by atoms with Gasteiger partial charge in [-0.15, -0.1) is 11.6 Å². The van der Waals surface area contributed by atoms with Crippen LogP contribution in [-0.4, -0.2) is 17.3 Å². The highest BCUT2D eigenvalue weighted by Gasteiger charge is 2.05. The van der Waals surface area contributed by atoms with E-state index in [4.69, 9.17) is 22.4 Å². The Kier molecular flexibility index (Phi) is 9.91. The van der Waals surface area contributed by atoms with Gasteiger partial charge >= 0.3 is 0 Å². The second-order valence-electron chi connectivity index (χ2n) is 3.98. The highest BCUT2D eigenvalue weighted by Crippen LogP contribution is 2.13. The molecule has 2 N–H and O–H groups in total. The van der Waals surface area contributed by atoms with Gasteiger partial charge in [0.15, 0.2) is 0 Å². The highest BCUT2D eigenvalue weighted by molar-refractivity contribution is 6.20. The van der Waals surface area contributed by atoms with Crippen LogP contribution in [0, 0.1) is 10.8 Å². The van der Waals surface area contributed by atoms with Gasteiger partial charge in [0.25, 0.3) is 0 Å². The van der Waals surface area contributed by atoms with Crippen LogP contribution in [0.5, 0.6) is 0 Å². The summed E-state index contributed by atoms with van der Waals surface area (Å²) in [5.74, 6) is 0. The van der Waals surface area contributed by atoms with Crippen LogP contribution in [0.25, 0.3) is 0 Å². The summed E-state index contributed by atoms with van der Waals surface area (Å²) in [6.45, 7) is 2.14. The first-order chi connectivity index (χ1) is 7.20. The Morgan fingerprint density at radius 2 is 2.00 bits per heavy atom. The second-order valence-corrected chi connectivity index (χ2v) is 4.60. The van der Waals surface area contributed by atoms with Crippen molar-refractivity contribution >= 4 is 23.5 Å². The minimum absolute atomic E-state index is 0.247. The van der Waals surface area contributed by atoms with Crippen LogP contribution >= 0.6 is 11.6 Å². The molecule has 0 aliphatic carbocycles. The Morgan fingerprint density at radius 3 is 2.60 bits per heavy atom. The predicted octanol–water partition coefficient (Wildman–Crippen LogP) is 4.40. The lowest BCUT2D eigenvalue weighted by atomic mass is 10.0. The fraction of sp³-hybridized carbons (Fsp3) is 0.833. The molecular formula is C12H23ClN2. The number of hydrogen-bond acceptors (Lipinski definition) is 2. The van der Waals surface area contributed by atoms with Crippen LogP contribution < -0.4 is 0 Å². The molecule has 1 unspecified atom stereocenters. The molecule has 0 aromatic carbocycles. The molecule has 88 valence electrons. The SMILES string of the molecule is CCCC(Cl)CCC(=N)CCCCC=N. The number of unbranched alkanes of at least 4 members (excludes halogenated alkanes) is 2. The van der Waals surface area contributed by atoms with Gasteiger partial charge in [-0.05, 0) is 51.2 Å². The summed E-state index contributed by atoms with van der Waals surface area (Å²) in [7, 11) is 0. The fourth-order valence-corrected chi connectivity index (χ4v) is 1.83. The van der Waals surface area contributed by atoms with Gasteiger partial charge in [0.1, 0.15) is 0 Å². The minimum Gasteiger partial charge on any atom is -0.313 e. The van der Waals surface area contributed by atoms with Gasteiger partial charge in [-0.2, -0.15) is 0 Å². The van der Waals surface area contributed by atoms with Crippen LogP contribution in [0.2, 0.25) is 0 Å². The first kappa shape index (κ1) is 14.6. The third-order valence-corrected chi connectivity index (χ3v) is 2.87.